The van der Waals surface area contributed by atoms with Crippen molar-refractivity contribution in [3.05, 3.63) is 0 Å². The summed E-state index contributed by atoms with van der Waals surface area (Å²) in [6.45, 7) is 14.7. The lowest BCUT2D eigenvalue weighted by molar-refractivity contribution is 0.0826. The Morgan fingerprint density at radius 3 is 0.757 bits per heavy atom. The van der Waals surface area contributed by atoms with Crippen LogP contribution in [0.4, 0.5) is 0 Å². The second-order valence-electron chi connectivity index (χ2n) is 10.9. The monoisotopic (exact) mass is 540 g/mol. The minimum absolute atomic E-state index is 0.181. The average Bonchev–Trinajstić information content (AvgIpc) is 2.86. The van der Waals surface area contributed by atoms with Crippen LogP contribution in [0.3, 0.4) is 0 Å². The van der Waals surface area contributed by atoms with E-state index in [2.05, 4.69) is 5.32 Å². The molecule has 37 heavy (non-hydrogen) atoms. The number of hydrogen-bond acceptors (Lipinski definition) is 9. The highest BCUT2D eigenvalue weighted by Crippen LogP contribution is 2.03. The van der Waals surface area contributed by atoms with Crippen LogP contribution >= 0.6 is 0 Å². The van der Waals surface area contributed by atoms with E-state index in [1.54, 1.807) is 0 Å². The Kier molecular flexibility index (Phi) is 30.6. The Balaban J connectivity index is -0.000000196. The number of hydrogen-bond donors (Lipinski definition) is 5. The molecule has 9 nitrogen and oxygen atoms in total. The van der Waals surface area contributed by atoms with Gasteiger partial charge >= 0.3 is 0 Å². The normalized spacial score (nSPS) is 17.8. The molecule has 230 valence electrons. The van der Waals surface area contributed by atoms with E-state index in [4.69, 9.17) is 0 Å². The van der Waals surface area contributed by atoms with E-state index in [0.29, 0.717) is 6.54 Å². The van der Waals surface area contributed by atoms with E-state index in [-0.39, 0.29) is 48.6 Å². The molecule has 0 fully saturated rings. The third-order valence-electron chi connectivity index (χ3n) is 7.15. The Hall–Kier alpha value is -0.360. The van der Waals surface area contributed by atoms with Gasteiger partial charge in [-0.1, -0.05) is 20.8 Å². The highest BCUT2D eigenvalue weighted by atomic mass is 16.3. The molecule has 0 aromatic heterocycles. The van der Waals surface area contributed by atoms with Gasteiger partial charge < -0.3 is 45.3 Å². The van der Waals surface area contributed by atoms with Crippen LogP contribution in [0, 0.1) is 0 Å². The maximum atomic E-state index is 9.38. The molecule has 0 amide bonds. The third kappa shape index (κ3) is 24.4. The SMILES string of the molecule is CC[C@@H](O)[C@@H](C)N(C)C.CC[C@@H](O)[C@H](C)N(C)C.CC[C@H](O)[C@H](C)N(C)C.CNCC(O)[C@@H](C)N(C)C. The summed E-state index contributed by atoms with van der Waals surface area (Å²) in [7, 11) is 17.6. The van der Waals surface area contributed by atoms with Crippen molar-refractivity contribution in [2.45, 2.75) is 116 Å². The first kappa shape index (κ1) is 43.7. The maximum Gasteiger partial charge on any atom is 0.0816 e. The number of likely N-dealkylation sites (N-methyl/N-ethyl adjacent to an activating group) is 5. The quantitative estimate of drug-likeness (QED) is 0.239. The molecule has 0 spiro atoms. The predicted octanol–water partition coefficient (Wildman–Crippen LogP) is 1.64. The van der Waals surface area contributed by atoms with Crippen LogP contribution in [0.5, 0.6) is 0 Å². The lowest BCUT2D eigenvalue weighted by Crippen LogP contribution is -2.41. The zero-order valence-electron chi connectivity index (χ0n) is 27.5. The van der Waals surface area contributed by atoms with Gasteiger partial charge in [0.05, 0.1) is 24.4 Å². The molecule has 1 unspecified atom stereocenters. The van der Waals surface area contributed by atoms with Crippen LogP contribution in [-0.4, -0.2) is 159 Å². The molecule has 0 heterocycles. The molecular weight excluding hydrogens is 470 g/mol. The lowest BCUT2D eigenvalue weighted by atomic mass is 10.1. The van der Waals surface area contributed by atoms with E-state index >= 15 is 0 Å². The molecule has 0 saturated carbocycles. The molecule has 0 aliphatic carbocycles. The zero-order chi connectivity index (χ0) is 30.5. The fraction of sp³-hybridized carbons (Fsp3) is 1.00. The highest BCUT2D eigenvalue weighted by molar-refractivity contribution is 4.71. The second kappa shape index (κ2) is 25.9. The fourth-order valence-corrected chi connectivity index (χ4v) is 2.78. The van der Waals surface area contributed by atoms with E-state index in [1.165, 1.54) is 0 Å². The fourth-order valence-electron chi connectivity index (χ4n) is 2.78. The van der Waals surface area contributed by atoms with E-state index in [0.717, 1.165) is 19.3 Å². The largest absolute Gasteiger partial charge is 0.392 e. The predicted molar refractivity (Wildman–Crippen MR) is 161 cm³/mol. The van der Waals surface area contributed by atoms with Crippen LogP contribution in [0.1, 0.15) is 67.7 Å². The van der Waals surface area contributed by atoms with Gasteiger partial charge in [0, 0.05) is 30.7 Å². The van der Waals surface area contributed by atoms with Crippen molar-refractivity contribution in [1.82, 2.24) is 24.9 Å². The van der Waals surface area contributed by atoms with Crippen LogP contribution in [-0.2, 0) is 0 Å². The van der Waals surface area contributed by atoms with Crippen molar-refractivity contribution in [2.75, 3.05) is 70.0 Å². The summed E-state index contributed by atoms with van der Waals surface area (Å²) in [5.74, 6) is 0. The molecule has 8 atom stereocenters. The van der Waals surface area contributed by atoms with Crippen molar-refractivity contribution >= 4 is 0 Å². The molecule has 0 bridgehead atoms. The van der Waals surface area contributed by atoms with Crippen molar-refractivity contribution in [1.29, 1.82) is 0 Å². The number of nitrogens with one attached hydrogen (secondary N) is 1. The molecule has 5 N–H and O–H groups in total. The van der Waals surface area contributed by atoms with Crippen LogP contribution in [0.25, 0.3) is 0 Å². The van der Waals surface area contributed by atoms with Crippen molar-refractivity contribution in [3.8, 4) is 0 Å². The van der Waals surface area contributed by atoms with E-state index in [1.807, 2.05) is 131 Å². The minimum atomic E-state index is -0.278. The van der Waals surface area contributed by atoms with Gasteiger partial charge in [0.25, 0.3) is 0 Å². The second-order valence-corrected chi connectivity index (χ2v) is 10.9. The smallest absolute Gasteiger partial charge is 0.0816 e. The molecule has 0 aliphatic heterocycles. The Bertz CT molecular complexity index is 422. The summed E-state index contributed by atoms with van der Waals surface area (Å²) in [5.41, 5.74) is 0. The first-order chi connectivity index (χ1) is 16.9. The van der Waals surface area contributed by atoms with Crippen LogP contribution < -0.4 is 5.32 Å². The molecule has 0 radical (unpaired) electrons. The van der Waals surface area contributed by atoms with Gasteiger partial charge in [0.15, 0.2) is 0 Å². The van der Waals surface area contributed by atoms with Gasteiger partial charge in [-0.2, -0.15) is 0 Å². The minimum Gasteiger partial charge on any atom is -0.392 e. The summed E-state index contributed by atoms with van der Waals surface area (Å²) in [4.78, 5) is 8.07. The van der Waals surface area contributed by atoms with Gasteiger partial charge in [-0.25, -0.2) is 0 Å². The van der Waals surface area contributed by atoms with E-state index in [9.17, 15) is 20.4 Å². The van der Waals surface area contributed by atoms with Gasteiger partial charge in [0.2, 0.25) is 0 Å². The topological polar surface area (TPSA) is 106 Å². The molecule has 0 aromatic carbocycles. The number of rotatable bonds is 13. The van der Waals surface area contributed by atoms with Gasteiger partial charge in [-0.3, -0.25) is 0 Å². The first-order valence-electron chi connectivity index (χ1n) is 13.9. The number of aliphatic hydroxyl groups excluding tert-OH is 4. The van der Waals surface area contributed by atoms with Gasteiger partial charge in [-0.15, -0.1) is 0 Å². The summed E-state index contributed by atoms with van der Waals surface area (Å²) in [5, 5.41) is 40.1. The molecule has 0 aliphatic rings. The molecule has 0 saturated heterocycles. The standard InChI is InChI=1S/C7H18N2O.3C7H17NO/c1-6(9(3)4)7(10)5-8-2;3*1-5-7(9)6(2)8(3)4/h6-8,10H,5H2,1-4H3;3*6-7,9H,5H2,1-4H3/t6-,7?;6-,7+;2*6-,7-/m1010/s1. The summed E-state index contributed by atoms with van der Waals surface area (Å²) in [6.07, 6.45) is 1.68. The third-order valence-corrected chi connectivity index (χ3v) is 7.15. The van der Waals surface area contributed by atoms with Crippen molar-refractivity contribution < 1.29 is 20.4 Å². The van der Waals surface area contributed by atoms with Crippen LogP contribution in [0.2, 0.25) is 0 Å². The zero-order valence-corrected chi connectivity index (χ0v) is 27.5. The van der Waals surface area contributed by atoms with Crippen molar-refractivity contribution in [2.24, 2.45) is 0 Å². The first-order valence-corrected chi connectivity index (χ1v) is 13.9. The average molecular weight is 540 g/mol. The summed E-state index contributed by atoms with van der Waals surface area (Å²) in [6, 6.07) is 1.03. The molecule has 0 rings (SSSR count). The van der Waals surface area contributed by atoms with E-state index < -0.39 is 0 Å². The Morgan fingerprint density at radius 1 is 0.459 bits per heavy atom. The Morgan fingerprint density at radius 2 is 0.649 bits per heavy atom. The maximum absolute atomic E-state index is 9.38. The molecular formula is C28H69N5O4. The van der Waals surface area contributed by atoms with Crippen molar-refractivity contribution in [3.63, 3.8) is 0 Å². The lowest BCUT2D eigenvalue weighted by Gasteiger charge is -2.24. The number of nitrogens with zero attached hydrogens (tertiary/aromatic N) is 4. The Labute approximate surface area is 231 Å². The van der Waals surface area contributed by atoms with Gasteiger partial charge in [0.1, 0.15) is 0 Å². The highest BCUT2D eigenvalue weighted by Gasteiger charge is 2.15. The number of aliphatic hydroxyl groups is 4. The summed E-state index contributed by atoms with van der Waals surface area (Å²) < 4.78 is 0. The van der Waals surface area contributed by atoms with Gasteiger partial charge in [-0.05, 0) is 110 Å². The van der Waals surface area contributed by atoms with Crippen LogP contribution in [0.15, 0.2) is 0 Å². The summed E-state index contributed by atoms with van der Waals surface area (Å²) >= 11 is 0. The molecule has 0 aromatic rings. The molecule has 9 heteroatoms.